The van der Waals surface area contributed by atoms with Crippen LogP contribution in [0.5, 0.6) is 0 Å². The largest absolute Gasteiger partial charge is 0.351 e. The van der Waals surface area contributed by atoms with E-state index in [-0.39, 0.29) is 11.4 Å². The van der Waals surface area contributed by atoms with E-state index in [4.69, 9.17) is 0 Å². The van der Waals surface area contributed by atoms with Crippen molar-refractivity contribution in [2.45, 2.75) is 37.9 Å². The molecule has 0 radical (unpaired) electrons. The Balaban J connectivity index is 1.85. The Morgan fingerprint density at radius 1 is 1.19 bits per heavy atom. The minimum Gasteiger partial charge on any atom is -0.351 e. The second-order valence-corrected chi connectivity index (χ2v) is 8.42. The summed E-state index contributed by atoms with van der Waals surface area (Å²) in [6.07, 6.45) is 0.881. The van der Waals surface area contributed by atoms with E-state index in [9.17, 15) is 4.79 Å². The van der Waals surface area contributed by atoms with Gasteiger partial charge in [0.15, 0.2) is 11.0 Å². The Kier molecular flexibility index (Phi) is 5.78. The van der Waals surface area contributed by atoms with Gasteiger partial charge < -0.3 is 5.32 Å². The van der Waals surface area contributed by atoms with E-state index in [0.717, 1.165) is 22.8 Å². The fourth-order valence-electron chi connectivity index (χ4n) is 2.37. The second kappa shape index (κ2) is 8.05. The molecule has 0 fully saturated rings. The zero-order valence-electron chi connectivity index (χ0n) is 15.1. The first-order valence-electron chi connectivity index (χ1n) is 8.49. The first kappa shape index (κ1) is 18.7. The van der Waals surface area contributed by atoms with Crippen molar-refractivity contribution in [3.8, 4) is 16.4 Å². The predicted molar refractivity (Wildman–Crippen MR) is 108 cm³/mol. The number of thioether (sulfide) groups is 1. The van der Waals surface area contributed by atoms with Crippen LogP contribution in [-0.4, -0.2) is 32.0 Å². The summed E-state index contributed by atoms with van der Waals surface area (Å²) < 4.78 is 2.01. The zero-order chi connectivity index (χ0) is 18.6. The Hall–Kier alpha value is -2.12. The van der Waals surface area contributed by atoms with E-state index in [1.807, 2.05) is 66.3 Å². The third-order valence-electron chi connectivity index (χ3n) is 4.08. The van der Waals surface area contributed by atoms with Gasteiger partial charge in [0.2, 0.25) is 5.91 Å². The van der Waals surface area contributed by atoms with Crippen molar-refractivity contribution in [3.05, 3.63) is 47.8 Å². The van der Waals surface area contributed by atoms with Gasteiger partial charge in [0.25, 0.3) is 0 Å². The summed E-state index contributed by atoms with van der Waals surface area (Å²) in [5.41, 5.74) is 0.782. The molecule has 2 aromatic heterocycles. The number of thiophene rings is 1. The number of para-hydroxylation sites is 1. The molecule has 7 heteroatoms. The first-order chi connectivity index (χ1) is 12.5. The fourth-order valence-corrected chi connectivity index (χ4v) is 3.82. The van der Waals surface area contributed by atoms with Crippen molar-refractivity contribution in [1.82, 2.24) is 20.1 Å². The summed E-state index contributed by atoms with van der Waals surface area (Å²) in [4.78, 5) is 13.3. The van der Waals surface area contributed by atoms with Crippen LogP contribution in [0.4, 0.5) is 0 Å². The monoisotopic (exact) mass is 386 g/mol. The van der Waals surface area contributed by atoms with E-state index in [1.165, 1.54) is 11.8 Å². The molecule has 3 rings (SSSR count). The average molecular weight is 387 g/mol. The maximum atomic E-state index is 12.3. The molecule has 1 N–H and O–H groups in total. The number of carbonyl (C=O) groups is 1. The SMILES string of the molecule is CCC(C)(C)NC(=O)CSc1nnc(-c2cccs2)n1-c1ccccc1. The lowest BCUT2D eigenvalue weighted by molar-refractivity contribution is -0.120. The van der Waals surface area contributed by atoms with E-state index in [0.29, 0.717) is 10.9 Å². The number of nitrogens with zero attached hydrogens (tertiary/aromatic N) is 3. The molecule has 0 saturated heterocycles. The number of hydrogen-bond donors (Lipinski definition) is 1. The molecular formula is C19H22N4OS2. The van der Waals surface area contributed by atoms with Crippen LogP contribution in [0, 0.1) is 0 Å². The summed E-state index contributed by atoms with van der Waals surface area (Å²) in [5.74, 6) is 1.10. The summed E-state index contributed by atoms with van der Waals surface area (Å²) in [6, 6.07) is 14.0. The second-order valence-electron chi connectivity index (χ2n) is 6.53. The lowest BCUT2D eigenvalue weighted by Crippen LogP contribution is -2.43. The Bertz CT molecular complexity index is 857. The van der Waals surface area contributed by atoms with Crippen molar-refractivity contribution in [3.63, 3.8) is 0 Å². The molecule has 136 valence electrons. The number of amides is 1. The molecule has 0 bridgehead atoms. The van der Waals surface area contributed by atoms with Crippen molar-refractivity contribution < 1.29 is 4.79 Å². The van der Waals surface area contributed by atoms with Crippen LogP contribution in [0.25, 0.3) is 16.4 Å². The highest BCUT2D eigenvalue weighted by Crippen LogP contribution is 2.30. The van der Waals surface area contributed by atoms with Crippen LogP contribution < -0.4 is 5.32 Å². The molecule has 0 atom stereocenters. The minimum absolute atomic E-state index is 0.00198. The molecular weight excluding hydrogens is 364 g/mol. The van der Waals surface area contributed by atoms with E-state index >= 15 is 0 Å². The highest BCUT2D eigenvalue weighted by molar-refractivity contribution is 7.99. The number of rotatable bonds is 7. The summed E-state index contributed by atoms with van der Waals surface area (Å²) >= 11 is 3.02. The maximum Gasteiger partial charge on any atom is 0.230 e. The molecule has 0 spiro atoms. The molecule has 0 aliphatic heterocycles. The molecule has 2 heterocycles. The summed E-state index contributed by atoms with van der Waals surface area (Å²) in [5, 5.41) is 14.5. The van der Waals surface area contributed by atoms with Crippen molar-refractivity contribution in [2.75, 3.05) is 5.75 Å². The van der Waals surface area contributed by atoms with Crippen molar-refractivity contribution in [2.24, 2.45) is 0 Å². The highest BCUT2D eigenvalue weighted by Gasteiger charge is 2.20. The average Bonchev–Trinajstić information content (AvgIpc) is 3.29. The van der Waals surface area contributed by atoms with Gasteiger partial charge in [-0.1, -0.05) is 43.0 Å². The Labute approximate surface area is 161 Å². The van der Waals surface area contributed by atoms with Gasteiger partial charge in [-0.25, -0.2) is 0 Å². The third kappa shape index (κ3) is 4.34. The van der Waals surface area contributed by atoms with Crippen LogP contribution in [-0.2, 0) is 4.79 Å². The quantitative estimate of drug-likeness (QED) is 0.612. The summed E-state index contributed by atoms with van der Waals surface area (Å²) in [6.45, 7) is 6.11. The third-order valence-corrected chi connectivity index (χ3v) is 5.88. The van der Waals surface area contributed by atoms with Gasteiger partial charge in [-0.15, -0.1) is 21.5 Å². The highest BCUT2D eigenvalue weighted by atomic mass is 32.2. The number of carbonyl (C=O) groups excluding carboxylic acids is 1. The lowest BCUT2D eigenvalue weighted by Gasteiger charge is -2.24. The molecule has 0 unspecified atom stereocenters. The molecule has 0 aliphatic carbocycles. The van der Waals surface area contributed by atoms with Gasteiger partial charge in [-0.3, -0.25) is 9.36 Å². The number of benzene rings is 1. The van der Waals surface area contributed by atoms with Gasteiger partial charge >= 0.3 is 0 Å². The van der Waals surface area contributed by atoms with Gasteiger partial charge in [0, 0.05) is 11.2 Å². The molecule has 5 nitrogen and oxygen atoms in total. The molecule has 0 aliphatic rings. The number of hydrogen-bond acceptors (Lipinski definition) is 5. The van der Waals surface area contributed by atoms with Crippen molar-refractivity contribution in [1.29, 1.82) is 0 Å². The molecule has 0 saturated carbocycles. The first-order valence-corrected chi connectivity index (χ1v) is 10.4. The maximum absolute atomic E-state index is 12.3. The van der Waals surface area contributed by atoms with E-state index in [2.05, 4.69) is 22.4 Å². The molecule has 26 heavy (non-hydrogen) atoms. The number of aromatic nitrogens is 3. The van der Waals surface area contributed by atoms with Crippen LogP contribution in [0.2, 0.25) is 0 Å². The Morgan fingerprint density at radius 2 is 1.96 bits per heavy atom. The van der Waals surface area contributed by atoms with Gasteiger partial charge in [0.1, 0.15) is 0 Å². The van der Waals surface area contributed by atoms with Crippen LogP contribution >= 0.6 is 23.1 Å². The fraction of sp³-hybridized carbons (Fsp3) is 0.316. The molecule has 1 aromatic carbocycles. The van der Waals surface area contributed by atoms with Gasteiger partial charge in [0.05, 0.1) is 10.6 Å². The topological polar surface area (TPSA) is 59.8 Å². The van der Waals surface area contributed by atoms with Crippen LogP contribution in [0.1, 0.15) is 27.2 Å². The normalized spacial score (nSPS) is 11.5. The van der Waals surface area contributed by atoms with Crippen LogP contribution in [0.15, 0.2) is 53.0 Å². The number of nitrogens with one attached hydrogen (secondary N) is 1. The van der Waals surface area contributed by atoms with E-state index in [1.54, 1.807) is 11.3 Å². The van der Waals surface area contributed by atoms with Gasteiger partial charge in [-0.05, 0) is 43.8 Å². The van der Waals surface area contributed by atoms with E-state index < -0.39 is 0 Å². The minimum atomic E-state index is -0.202. The Morgan fingerprint density at radius 3 is 2.62 bits per heavy atom. The predicted octanol–water partition coefficient (Wildman–Crippen LogP) is 4.39. The zero-order valence-corrected chi connectivity index (χ0v) is 16.7. The standard InChI is InChI=1S/C19H22N4OS2/c1-4-19(2,3)20-16(24)13-26-18-22-21-17(15-11-8-12-25-15)23(18)14-9-6-5-7-10-14/h5-12H,4,13H2,1-3H3,(H,20,24). The summed E-state index contributed by atoms with van der Waals surface area (Å²) in [7, 11) is 0. The smallest absolute Gasteiger partial charge is 0.230 e. The van der Waals surface area contributed by atoms with Gasteiger partial charge in [-0.2, -0.15) is 0 Å². The van der Waals surface area contributed by atoms with Crippen molar-refractivity contribution >= 4 is 29.0 Å². The van der Waals surface area contributed by atoms with Crippen LogP contribution in [0.3, 0.4) is 0 Å². The molecule has 1 amide bonds. The molecule has 3 aromatic rings. The lowest BCUT2D eigenvalue weighted by atomic mass is 10.0.